The number of hydrogen-bond donors (Lipinski definition) is 0. The molecule has 30 heavy (non-hydrogen) atoms. The van der Waals surface area contributed by atoms with Gasteiger partial charge in [0.25, 0.3) is 12.0 Å². The lowest BCUT2D eigenvalue weighted by Gasteiger charge is -2.18. The molecule has 0 N–H and O–H groups in total. The summed E-state index contributed by atoms with van der Waals surface area (Å²) in [6, 6.07) is 9.52. The number of hydrogen-bond acceptors (Lipinski definition) is 6. The summed E-state index contributed by atoms with van der Waals surface area (Å²) in [6.45, 7) is 12.0. The molecule has 166 valence electrons. The minimum absolute atomic E-state index is 0.102. The number of aromatic nitrogens is 4. The molecule has 0 aliphatic carbocycles. The van der Waals surface area contributed by atoms with E-state index in [1.165, 1.54) is 6.07 Å². The van der Waals surface area contributed by atoms with Crippen molar-refractivity contribution in [3.8, 4) is 11.8 Å². The van der Waals surface area contributed by atoms with Crippen molar-refractivity contribution in [2.24, 2.45) is 14.1 Å². The van der Waals surface area contributed by atoms with E-state index in [2.05, 4.69) is 10.2 Å². The number of nitrogens with zero attached hydrogens (tertiary/aromatic N) is 5. The van der Waals surface area contributed by atoms with Crippen molar-refractivity contribution in [1.29, 1.82) is 0 Å². The first-order chi connectivity index (χ1) is 14.5. The second-order valence-corrected chi connectivity index (χ2v) is 5.04. The van der Waals surface area contributed by atoms with Gasteiger partial charge in [-0.3, -0.25) is 19.5 Å². The van der Waals surface area contributed by atoms with E-state index >= 15 is 0 Å². The molecule has 0 aliphatic rings. The molecule has 1 aromatic carbocycles. The van der Waals surface area contributed by atoms with Crippen LogP contribution in [-0.2, 0) is 14.1 Å². The number of para-hydroxylation sites is 1. The zero-order valence-electron chi connectivity index (χ0n) is 19.1. The smallest absolute Gasteiger partial charge is 0.280 e. The van der Waals surface area contributed by atoms with Crippen LogP contribution in [0.15, 0.2) is 48.8 Å². The van der Waals surface area contributed by atoms with Gasteiger partial charge in [-0.05, 0) is 6.07 Å². The first-order valence-corrected chi connectivity index (χ1v) is 10.1. The first kappa shape index (κ1) is 26.6. The maximum Gasteiger partial charge on any atom is 0.280 e. The van der Waals surface area contributed by atoms with E-state index in [0.717, 1.165) is 0 Å². The molecule has 0 saturated heterocycles. The topological polar surface area (TPSA) is 97.2 Å². The van der Waals surface area contributed by atoms with Gasteiger partial charge in [0.1, 0.15) is 5.56 Å². The first-order valence-electron chi connectivity index (χ1n) is 10.1. The predicted octanol–water partition coefficient (Wildman–Crippen LogP) is 5.30. The van der Waals surface area contributed by atoms with Crippen LogP contribution in [0.1, 0.15) is 53.4 Å². The van der Waals surface area contributed by atoms with Crippen LogP contribution in [0, 0.1) is 10.1 Å². The summed E-state index contributed by atoms with van der Waals surface area (Å²) < 4.78 is 14.6. The Balaban J connectivity index is 0.00000129. The molecule has 2 heterocycles. The maximum atomic E-state index is 11.3. The van der Waals surface area contributed by atoms with Gasteiger partial charge in [-0.15, -0.1) is 10.2 Å². The Morgan fingerprint density at radius 1 is 0.833 bits per heavy atom. The molecule has 0 fully saturated rings. The van der Waals surface area contributed by atoms with Crippen molar-refractivity contribution in [1.82, 2.24) is 19.6 Å². The maximum absolute atomic E-state index is 11.3. The lowest BCUT2D eigenvalue weighted by atomic mass is 10.1. The van der Waals surface area contributed by atoms with Gasteiger partial charge in [-0.2, -0.15) is 0 Å². The van der Waals surface area contributed by atoms with E-state index in [-0.39, 0.29) is 23.0 Å². The van der Waals surface area contributed by atoms with Crippen LogP contribution in [0.5, 0.6) is 11.8 Å². The predicted molar refractivity (Wildman–Crippen MR) is 118 cm³/mol. The Bertz CT molecular complexity index is 818. The molecule has 0 saturated carbocycles. The molecule has 3 rings (SSSR count). The Hall–Kier alpha value is -3.36. The Kier molecular flexibility index (Phi) is 13.0. The lowest BCUT2D eigenvalue weighted by Crippen LogP contribution is -2.17. The number of nitro benzene ring substituents is 1. The molecule has 0 atom stereocenters. The summed E-state index contributed by atoms with van der Waals surface area (Å²) in [5, 5.41) is 19.5. The minimum atomic E-state index is -1.06. The van der Waals surface area contributed by atoms with E-state index in [4.69, 9.17) is 9.47 Å². The molecular weight excluding hydrogens is 386 g/mol. The van der Waals surface area contributed by atoms with Gasteiger partial charge in [-0.25, -0.2) is 0 Å². The minimum Gasteiger partial charge on any atom is -0.431 e. The average molecular weight is 420 g/mol. The molecule has 0 bridgehead atoms. The third-order valence-electron chi connectivity index (χ3n) is 3.22. The fourth-order valence-corrected chi connectivity index (χ4v) is 2.14. The molecule has 9 nitrogen and oxygen atoms in total. The fraction of sp³-hybridized carbons (Fsp3) is 0.429. The zero-order chi connectivity index (χ0) is 23.1. The summed E-state index contributed by atoms with van der Waals surface area (Å²) >= 11 is 0. The Morgan fingerprint density at radius 3 is 1.63 bits per heavy atom. The van der Waals surface area contributed by atoms with Crippen molar-refractivity contribution >= 4 is 5.69 Å². The molecule has 0 spiro atoms. The van der Waals surface area contributed by atoms with Crippen molar-refractivity contribution in [2.45, 2.75) is 47.8 Å². The normalized spacial score (nSPS) is 9.23. The fourth-order valence-electron chi connectivity index (χ4n) is 2.14. The van der Waals surface area contributed by atoms with Gasteiger partial charge in [-0.1, -0.05) is 53.7 Å². The second-order valence-electron chi connectivity index (χ2n) is 5.04. The van der Waals surface area contributed by atoms with E-state index in [1.807, 2.05) is 41.5 Å². The Morgan fingerprint density at radius 2 is 1.27 bits per heavy atom. The number of benzene rings is 1. The highest BCUT2D eigenvalue weighted by atomic mass is 16.7. The quantitative estimate of drug-likeness (QED) is 0.306. The number of ether oxygens (including phenoxy) is 2. The second kappa shape index (κ2) is 14.6. The third kappa shape index (κ3) is 7.94. The van der Waals surface area contributed by atoms with Crippen LogP contribution in [0.4, 0.5) is 5.69 Å². The summed E-state index contributed by atoms with van der Waals surface area (Å²) in [4.78, 5) is 10.8. The molecule has 2 aromatic heterocycles. The van der Waals surface area contributed by atoms with E-state index < -0.39 is 11.2 Å². The SMILES string of the molecule is CC.CC.CC.Cn1ccc(OC(Oc2ccn(C)n2)c2ccccc2[N+](=O)[O-])n1. The van der Waals surface area contributed by atoms with Gasteiger partial charge in [0, 0.05) is 44.7 Å². The van der Waals surface area contributed by atoms with E-state index in [1.54, 1.807) is 66.2 Å². The monoisotopic (exact) mass is 419 g/mol. The highest BCUT2D eigenvalue weighted by Gasteiger charge is 2.26. The summed E-state index contributed by atoms with van der Waals surface area (Å²) in [5.41, 5.74) is 0.174. The highest BCUT2D eigenvalue weighted by molar-refractivity contribution is 5.41. The van der Waals surface area contributed by atoms with Crippen LogP contribution < -0.4 is 9.47 Å². The average Bonchev–Trinajstić information content (AvgIpc) is 3.39. The third-order valence-corrected chi connectivity index (χ3v) is 3.22. The largest absolute Gasteiger partial charge is 0.431 e. The van der Waals surface area contributed by atoms with E-state index in [9.17, 15) is 10.1 Å². The molecular formula is C21H33N5O4. The molecule has 3 aromatic rings. The van der Waals surface area contributed by atoms with Crippen molar-refractivity contribution in [3.05, 3.63) is 64.5 Å². The number of aryl methyl sites for hydroxylation is 2. The van der Waals surface area contributed by atoms with Crippen LogP contribution >= 0.6 is 0 Å². The van der Waals surface area contributed by atoms with Crippen LogP contribution in [0.2, 0.25) is 0 Å². The van der Waals surface area contributed by atoms with Crippen molar-refractivity contribution in [3.63, 3.8) is 0 Å². The summed E-state index contributed by atoms with van der Waals surface area (Å²) in [7, 11) is 3.49. The van der Waals surface area contributed by atoms with Gasteiger partial charge in [0.2, 0.25) is 11.8 Å². The molecule has 0 unspecified atom stereocenters. The lowest BCUT2D eigenvalue weighted by molar-refractivity contribution is -0.386. The molecule has 9 heteroatoms. The highest BCUT2D eigenvalue weighted by Crippen LogP contribution is 2.30. The summed E-state index contributed by atoms with van der Waals surface area (Å²) in [6.07, 6.45) is 2.34. The summed E-state index contributed by atoms with van der Waals surface area (Å²) in [5.74, 6) is 0.577. The molecule has 0 radical (unpaired) electrons. The van der Waals surface area contributed by atoms with E-state index in [0.29, 0.717) is 0 Å². The van der Waals surface area contributed by atoms with Gasteiger partial charge in [0.05, 0.1) is 4.92 Å². The molecule has 0 amide bonds. The van der Waals surface area contributed by atoms with Crippen LogP contribution in [0.3, 0.4) is 0 Å². The van der Waals surface area contributed by atoms with Crippen LogP contribution in [0.25, 0.3) is 0 Å². The Labute approximate surface area is 178 Å². The number of rotatable bonds is 6. The van der Waals surface area contributed by atoms with Crippen molar-refractivity contribution < 1.29 is 14.4 Å². The van der Waals surface area contributed by atoms with Crippen LogP contribution in [-0.4, -0.2) is 24.5 Å². The van der Waals surface area contributed by atoms with Gasteiger partial charge in [0.15, 0.2) is 0 Å². The molecule has 0 aliphatic heterocycles. The standard InChI is InChI=1S/C15H15N5O4.3C2H6/c1-18-9-7-13(16-18)23-15(24-14-8-10-19(2)17-14)11-5-3-4-6-12(11)20(21)22;3*1-2/h3-10,15H,1-2H3;3*1-2H3. The van der Waals surface area contributed by atoms with Gasteiger partial charge >= 0.3 is 0 Å². The van der Waals surface area contributed by atoms with Gasteiger partial charge < -0.3 is 9.47 Å². The van der Waals surface area contributed by atoms with Crippen molar-refractivity contribution in [2.75, 3.05) is 0 Å². The number of nitro groups is 1. The zero-order valence-corrected chi connectivity index (χ0v) is 19.1.